The summed E-state index contributed by atoms with van der Waals surface area (Å²) in [5.41, 5.74) is 2.29. The van der Waals surface area contributed by atoms with Crippen LogP contribution in [-0.2, 0) is 11.2 Å². The van der Waals surface area contributed by atoms with Crippen LogP contribution in [0.25, 0.3) is 5.69 Å². The molecule has 1 amide bonds. The van der Waals surface area contributed by atoms with Gasteiger partial charge in [-0.1, -0.05) is 12.1 Å². The highest BCUT2D eigenvalue weighted by atomic mass is 16.6. The Labute approximate surface area is 172 Å². The van der Waals surface area contributed by atoms with Crippen LogP contribution >= 0.6 is 0 Å². The van der Waals surface area contributed by atoms with E-state index in [1.165, 1.54) is 5.56 Å². The van der Waals surface area contributed by atoms with Crippen LogP contribution < -0.4 is 5.32 Å². The Bertz CT molecular complexity index is 780. The quantitative estimate of drug-likeness (QED) is 0.596. The summed E-state index contributed by atoms with van der Waals surface area (Å²) in [6.07, 6.45) is 4.35. The molecule has 1 aromatic carbocycles. The number of ether oxygens (including phenoxy) is 1. The summed E-state index contributed by atoms with van der Waals surface area (Å²) >= 11 is 0. The number of rotatable bonds is 6. The van der Waals surface area contributed by atoms with E-state index in [0.717, 1.165) is 37.7 Å². The van der Waals surface area contributed by atoms with E-state index in [-0.39, 0.29) is 6.09 Å². The third-order valence-corrected chi connectivity index (χ3v) is 4.81. The number of benzene rings is 1. The van der Waals surface area contributed by atoms with Gasteiger partial charge in [0.25, 0.3) is 0 Å². The lowest BCUT2D eigenvalue weighted by Crippen LogP contribution is -2.54. The second-order valence-corrected chi connectivity index (χ2v) is 6.78. The van der Waals surface area contributed by atoms with E-state index < -0.39 is 0 Å². The van der Waals surface area contributed by atoms with Crippen LogP contribution in [0.3, 0.4) is 0 Å². The van der Waals surface area contributed by atoms with Crippen LogP contribution in [0.15, 0.2) is 47.7 Å². The molecule has 0 atom stereocenters. The van der Waals surface area contributed by atoms with Crippen molar-refractivity contribution in [1.29, 1.82) is 0 Å². The minimum Gasteiger partial charge on any atom is -0.450 e. The molecule has 0 spiro atoms. The van der Waals surface area contributed by atoms with Crippen molar-refractivity contribution in [1.82, 2.24) is 24.9 Å². The first kappa shape index (κ1) is 20.7. The number of hydrogen-bond acceptors (Lipinski definition) is 4. The molecule has 2 aromatic rings. The number of hydrogen-bond donors (Lipinski definition) is 1. The minimum atomic E-state index is -0.229. The second kappa shape index (κ2) is 10.5. The van der Waals surface area contributed by atoms with Crippen LogP contribution in [0.4, 0.5) is 4.79 Å². The predicted molar refractivity (Wildman–Crippen MR) is 113 cm³/mol. The van der Waals surface area contributed by atoms with Crippen molar-refractivity contribution in [3.63, 3.8) is 0 Å². The van der Waals surface area contributed by atoms with Crippen LogP contribution in [0.1, 0.15) is 19.4 Å². The fraction of sp³-hybridized carbons (Fsp3) is 0.476. The molecule has 1 saturated heterocycles. The third kappa shape index (κ3) is 5.73. The molecule has 0 saturated carbocycles. The minimum absolute atomic E-state index is 0.229. The number of nitrogens with one attached hydrogen (secondary N) is 1. The molecule has 0 unspecified atom stereocenters. The predicted octanol–water partition coefficient (Wildman–Crippen LogP) is 2.15. The number of piperazine rings is 1. The van der Waals surface area contributed by atoms with E-state index in [1.807, 2.05) is 23.9 Å². The van der Waals surface area contributed by atoms with Crippen LogP contribution in [0, 0.1) is 0 Å². The first-order valence-electron chi connectivity index (χ1n) is 10.2. The van der Waals surface area contributed by atoms with Crippen LogP contribution in [-0.4, -0.2) is 77.5 Å². The van der Waals surface area contributed by atoms with Gasteiger partial charge >= 0.3 is 6.09 Å². The van der Waals surface area contributed by atoms with E-state index in [0.29, 0.717) is 26.2 Å². The molecule has 8 heteroatoms. The molecule has 0 bridgehead atoms. The Morgan fingerprint density at radius 2 is 1.86 bits per heavy atom. The molecule has 1 N–H and O–H groups in total. The fourth-order valence-corrected chi connectivity index (χ4v) is 3.27. The number of amides is 1. The van der Waals surface area contributed by atoms with Gasteiger partial charge in [0.05, 0.1) is 12.3 Å². The van der Waals surface area contributed by atoms with Gasteiger partial charge in [0.1, 0.15) is 0 Å². The number of carbonyl (C=O) groups excluding carboxylic acids is 1. The molecule has 156 valence electrons. The molecule has 29 heavy (non-hydrogen) atoms. The van der Waals surface area contributed by atoms with Gasteiger partial charge in [-0.05, 0) is 44.0 Å². The zero-order chi connectivity index (χ0) is 20.5. The maximum absolute atomic E-state index is 11.9. The number of carbonyl (C=O) groups is 1. The van der Waals surface area contributed by atoms with Gasteiger partial charge < -0.3 is 19.9 Å². The maximum atomic E-state index is 11.9. The zero-order valence-corrected chi connectivity index (χ0v) is 17.3. The average molecular weight is 399 g/mol. The van der Waals surface area contributed by atoms with Gasteiger partial charge in [-0.25, -0.2) is 9.48 Å². The van der Waals surface area contributed by atoms with Gasteiger partial charge in [-0.15, -0.1) is 0 Å². The molecule has 1 aliphatic heterocycles. The van der Waals surface area contributed by atoms with Crippen molar-refractivity contribution < 1.29 is 9.53 Å². The van der Waals surface area contributed by atoms with Crippen molar-refractivity contribution in [2.75, 3.05) is 45.9 Å². The Hall–Kier alpha value is -3.03. The smallest absolute Gasteiger partial charge is 0.409 e. The number of guanidine groups is 1. The summed E-state index contributed by atoms with van der Waals surface area (Å²) in [5.74, 6) is 0.907. The first-order valence-corrected chi connectivity index (χ1v) is 10.2. The molecule has 1 aromatic heterocycles. The largest absolute Gasteiger partial charge is 0.450 e. The Kier molecular flexibility index (Phi) is 7.49. The topological polar surface area (TPSA) is 75.0 Å². The van der Waals surface area contributed by atoms with Crippen molar-refractivity contribution in [3.05, 3.63) is 48.3 Å². The molecule has 2 heterocycles. The van der Waals surface area contributed by atoms with E-state index in [9.17, 15) is 4.79 Å². The summed E-state index contributed by atoms with van der Waals surface area (Å²) in [6.45, 7) is 8.64. The van der Waals surface area contributed by atoms with Gasteiger partial charge in [0.15, 0.2) is 5.96 Å². The van der Waals surface area contributed by atoms with Gasteiger partial charge in [-0.2, -0.15) is 5.10 Å². The summed E-state index contributed by atoms with van der Waals surface area (Å²) in [5, 5.41) is 7.61. The Morgan fingerprint density at radius 1 is 1.14 bits per heavy atom. The Balaban J connectivity index is 1.52. The SMILES string of the molecule is CCNC(=NCCc1ccc(-n2cccn2)cc1)N1CCN(C(=O)OCC)CC1. The maximum Gasteiger partial charge on any atom is 0.409 e. The third-order valence-electron chi connectivity index (χ3n) is 4.81. The summed E-state index contributed by atoms with van der Waals surface area (Å²) in [4.78, 5) is 20.6. The normalized spacial score (nSPS) is 14.8. The van der Waals surface area contributed by atoms with E-state index in [4.69, 9.17) is 9.73 Å². The van der Waals surface area contributed by atoms with Crippen molar-refractivity contribution in [2.45, 2.75) is 20.3 Å². The summed E-state index contributed by atoms with van der Waals surface area (Å²) in [7, 11) is 0. The van der Waals surface area contributed by atoms with Crippen LogP contribution in [0.2, 0.25) is 0 Å². The van der Waals surface area contributed by atoms with Gasteiger partial charge in [-0.3, -0.25) is 4.99 Å². The van der Waals surface area contributed by atoms with Crippen molar-refractivity contribution in [2.24, 2.45) is 4.99 Å². The first-order chi connectivity index (χ1) is 14.2. The van der Waals surface area contributed by atoms with E-state index in [2.05, 4.69) is 46.5 Å². The molecular formula is C21H30N6O2. The molecule has 0 radical (unpaired) electrons. The van der Waals surface area contributed by atoms with E-state index in [1.54, 1.807) is 11.1 Å². The number of aliphatic imine (C=N–C) groups is 1. The summed E-state index contributed by atoms with van der Waals surface area (Å²) in [6, 6.07) is 10.3. The molecule has 1 aliphatic rings. The summed E-state index contributed by atoms with van der Waals surface area (Å²) < 4.78 is 6.94. The lowest BCUT2D eigenvalue weighted by molar-refractivity contribution is 0.0914. The highest BCUT2D eigenvalue weighted by Gasteiger charge is 2.23. The number of aromatic nitrogens is 2. The lowest BCUT2D eigenvalue weighted by atomic mass is 10.1. The average Bonchev–Trinajstić information content (AvgIpc) is 3.29. The molecule has 1 fully saturated rings. The fourth-order valence-electron chi connectivity index (χ4n) is 3.27. The molecule has 8 nitrogen and oxygen atoms in total. The molecule has 3 rings (SSSR count). The Morgan fingerprint density at radius 3 is 2.48 bits per heavy atom. The van der Waals surface area contributed by atoms with Gasteiger partial charge in [0.2, 0.25) is 0 Å². The van der Waals surface area contributed by atoms with Crippen molar-refractivity contribution >= 4 is 12.1 Å². The van der Waals surface area contributed by atoms with Crippen molar-refractivity contribution in [3.8, 4) is 5.69 Å². The lowest BCUT2D eigenvalue weighted by Gasteiger charge is -2.35. The van der Waals surface area contributed by atoms with Crippen LogP contribution in [0.5, 0.6) is 0 Å². The molecular weight excluding hydrogens is 368 g/mol. The van der Waals surface area contributed by atoms with E-state index >= 15 is 0 Å². The highest BCUT2D eigenvalue weighted by molar-refractivity contribution is 5.80. The zero-order valence-electron chi connectivity index (χ0n) is 17.3. The second-order valence-electron chi connectivity index (χ2n) is 6.78. The standard InChI is InChI=1S/C21H30N6O2/c1-3-22-20(25-14-16-26(17-15-25)21(28)29-4-2)23-12-10-18-6-8-19(9-7-18)27-13-5-11-24-27/h5-9,11,13H,3-4,10,12,14-17H2,1-2H3,(H,22,23). The highest BCUT2D eigenvalue weighted by Crippen LogP contribution is 2.10. The monoisotopic (exact) mass is 398 g/mol. The molecule has 0 aliphatic carbocycles. The van der Waals surface area contributed by atoms with Gasteiger partial charge in [0, 0.05) is 51.7 Å². The number of nitrogens with zero attached hydrogens (tertiary/aromatic N) is 5.